The highest BCUT2D eigenvalue weighted by Gasteiger charge is 2.47. The van der Waals surface area contributed by atoms with Crippen LogP contribution in [0.5, 0.6) is 0 Å². The zero-order chi connectivity index (χ0) is 56.8. The van der Waals surface area contributed by atoms with Gasteiger partial charge in [-0.15, -0.1) is 0 Å². The molecule has 0 radical (unpaired) electrons. The molecule has 0 saturated carbocycles. The zero-order valence-electron chi connectivity index (χ0n) is 50.5. The van der Waals surface area contributed by atoms with E-state index in [4.69, 9.17) is 14.2 Å². The fourth-order valence-electron chi connectivity index (χ4n) is 10.3. The van der Waals surface area contributed by atoms with Gasteiger partial charge in [0.2, 0.25) is 5.91 Å². The van der Waals surface area contributed by atoms with Crippen LogP contribution in [0.4, 0.5) is 0 Å². The zero-order valence-corrected chi connectivity index (χ0v) is 50.5. The van der Waals surface area contributed by atoms with Gasteiger partial charge in [0.1, 0.15) is 24.4 Å². The summed E-state index contributed by atoms with van der Waals surface area (Å²) in [4.78, 5) is 26.5. The van der Waals surface area contributed by atoms with Gasteiger partial charge in [-0.1, -0.05) is 288 Å². The number of carbonyl (C=O) groups is 2. The van der Waals surface area contributed by atoms with Gasteiger partial charge >= 0.3 is 5.97 Å². The molecule has 8 unspecified atom stereocenters. The molecule has 6 N–H and O–H groups in total. The number of ether oxygens (including phenoxy) is 3. The van der Waals surface area contributed by atoms with E-state index in [1.165, 1.54) is 180 Å². The molecule has 11 heteroatoms. The third kappa shape index (κ3) is 42.5. The van der Waals surface area contributed by atoms with Gasteiger partial charge in [-0.3, -0.25) is 9.59 Å². The van der Waals surface area contributed by atoms with Crippen LogP contribution in [0.3, 0.4) is 0 Å². The number of allylic oxidation sites excluding steroid dienone is 7. The van der Waals surface area contributed by atoms with Crippen LogP contribution in [-0.4, -0.2) is 99.6 Å². The van der Waals surface area contributed by atoms with Crippen molar-refractivity contribution < 1.29 is 49.3 Å². The van der Waals surface area contributed by atoms with Crippen molar-refractivity contribution >= 4 is 11.9 Å². The Hall–Kier alpha value is -2.38. The minimum absolute atomic E-state index is 0.125. The monoisotopic (exact) mass is 1100 g/mol. The third-order valence-electron chi connectivity index (χ3n) is 15.5. The summed E-state index contributed by atoms with van der Waals surface area (Å²) in [6, 6.07) is -1.03. The number of aliphatic hydroxyl groups excluding tert-OH is 5. The second-order valence-electron chi connectivity index (χ2n) is 22.8. The average Bonchev–Trinajstić information content (AvgIpc) is 3.44. The fourth-order valence-corrected chi connectivity index (χ4v) is 10.3. The van der Waals surface area contributed by atoms with E-state index >= 15 is 0 Å². The average molecular weight is 1100 g/mol. The molecule has 0 spiro atoms. The van der Waals surface area contributed by atoms with E-state index in [9.17, 15) is 35.1 Å². The smallest absolute Gasteiger partial charge is 0.306 e. The number of unbranched alkanes of at least 4 members (excludes halogenated alkanes) is 36. The highest BCUT2D eigenvalue weighted by atomic mass is 16.7. The first-order chi connectivity index (χ1) is 38.2. The van der Waals surface area contributed by atoms with Gasteiger partial charge in [-0.25, -0.2) is 0 Å². The number of carbonyl (C=O) groups excluding carboxylic acids is 2. The highest BCUT2D eigenvalue weighted by Crippen LogP contribution is 2.26. The molecule has 11 nitrogen and oxygen atoms in total. The van der Waals surface area contributed by atoms with Crippen LogP contribution in [0.1, 0.15) is 303 Å². The fraction of sp³-hybridized carbons (Fsp3) is 0.851. The van der Waals surface area contributed by atoms with Crippen LogP contribution in [0.15, 0.2) is 48.6 Å². The Bertz CT molecular complexity index is 1450. The molecule has 1 saturated heterocycles. The Morgan fingerprint density at radius 2 is 0.923 bits per heavy atom. The van der Waals surface area contributed by atoms with Crippen molar-refractivity contribution in [1.82, 2.24) is 5.32 Å². The van der Waals surface area contributed by atoms with E-state index in [-0.39, 0.29) is 19.4 Å². The lowest BCUT2D eigenvalue weighted by atomic mass is 9.99. The van der Waals surface area contributed by atoms with Crippen LogP contribution < -0.4 is 5.32 Å². The molecule has 0 bridgehead atoms. The van der Waals surface area contributed by atoms with Crippen LogP contribution in [0.25, 0.3) is 0 Å². The molecule has 1 fully saturated rings. The van der Waals surface area contributed by atoms with Crippen molar-refractivity contribution in [2.45, 2.75) is 352 Å². The first kappa shape index (κ1) is 73.6. The van der Waals surface area contributed by atoms with Crippen LogP contribution in [0, 0.1) is 0 Å². The second kappa shape index (κ2) is 55.2. The summed E-state index contributed by atoms with van der Waals surface area (Å²) in [5, 5.41) is 56.9. The first-order valence-corrected chi connectivity index (χ1v) is 32.9. The van der Waals surface area contributed by atoms with E-state index in [1.807, 2.05) is 6.08 Å². The van der Waals surface area contributed by atoms with Gasteiger partial charge in [-0.05, 0) is 57.8 Å². The molecule has 0 aromatic rings. The lowest BCUT2D eigenvalue weighted by molar-refractivity contribution is -0.305. The lowest BCUT2D eigenvalue weighted by Gasteiger charge is -2.41. The molecule has 1 aliphatic rings. The van der Waals surface area contributed by atoms with Crippen molar-refractivity contribution in [1.29, 1.82) is 0 Å². The van der Waals surface area contributed by atoms with Crippen molar-refractivity contribution in [3.05, 3.63) is 48.6 Å². The largest absolute Gasteiger partial charge is 0.454 e. The quantitative estimate of drug-likeness (QED) is 0.0195. The van der Waals surface area contributed by atoms with Gasteiger partial charge in [0.05, 0.1) is 25.4 Å². The van der Waals surface area contributed by atoms with Crippen molar-refractivity contribution in [3.63, 3.8) is 0 Å². The minimum atomic E-state index is -1.62. The maximum absolute atomic E-state index is 13.4. The molecule has 1 aliphatic heterocycles. The highest BCUT2D eigenvalue weighted by molar-refractivity contribution is 5.80. The van der Waals surface area contributed by atoms with Gasteiger partial charge < -0.3 is 45.1 Å². The summed E-state index contributed by atoms with van der Waals surface area (Å²) < 4.78 is 17.6. The Morgan fingerprint density at radius 1 is 0.513 bits per heavy atom. The van der Waals surface area contributed by atoms with E-state index in [2.05, 4.69) is 62.5 Å². The number of hydrogen-bond donors (Lipinski definition) is 6. The van der Waals surface area contributed by atoms with Gasteiger partial charge in [0.25, 0.3) is 0 Å². The number of aliphatic hydroxyl groups is 5. The summed E-state index contributed by atoms with van der Waals surface area (Å²) in [6.45, 7) is 5.68. The molecular formula is C67H123NO10. The van der Waals surface area contributed by atoms with Crippen molar-refractivity contribution in [2.75, 3.05) is 13.2 Å². The molecule has 0 aromatic carbocycles. The number of nitrogens with one attached hydrogen (secondary N) is 1. The molecule has 78 heavy (non-hydrogen) atoms. The maximum Gasteiger partial charge on any atom is 0.306 e. The standard InChI is InChI=1S/C67H123NO10/c1-4-7-10-13-16-19-22-24-25-26-27-28-29-30-31-32-33-34-35-37-40-43-46-49-52-55-62(72)78-65-64(74)63(73)61(56-69)77-67(65)76-57-58(59(70)53-50-47-44-41-38-21-18-15-12-9-6-3)68-66(75)60(71)54-51-48-45-42-39-36-23-20-17-14-11-8-5-2/h8,11,17,20,36,39,50,53,58-61,63-65,67,69-71,73-74H,4-7,9-10,12-16,18-19,21-35,37-38,40-49,51-52,54-57H2,1-3H3,(H,68,75)/b11-8+,20-17+,39-36+,53-50+. The summed E-state index contributed by atoms with van der Waals surface area (Å²) in [5.74, 6) is -1.21. The maximum atomic E-state index is 13.4. The normalized spacial score (nSPS) is 19.2. The minimum Gasteiger partial charge on any atom is -0.454 e. The van der Waals surface area contributed by atoms with Crippen LogP contribution >= 0.6 is 0 Å². The molecule has 8 atom stereocenters. The van der Waals surface area contributed by atoms with E-state index < -0.39 is 67.4 Å². The van der Waals surface area contributed by atoms with Crippen LogP contribution in [0.2, 0.25) is 0 Å². The molecular weight excluding hydrogens is 979 g/mol. The summed E-state index contributed by atoms with van der Waals surface area (Å²) in [6.07, 6.45) is 57.5. The lowest BCUT2D eigenvalue weighted by Crippen LogP contribution is -2.61. The molecule has 1 rings (SSSR count). The molecule has 1 heterocycles. The van der Waals surface area contributed by atoms with E-state index in [0.29, 0.717) is 12.8 Å². The Balaban J connectivity index is 2.55. The number of esters is 1. The van der Waals surface area contributed by atoms with E-state index in [1.54, 1.807) is 6.08 Å². The molecule has 0 aliphatic carbocycles. The Kier molecular flexibility index (Phi) is 52.1. The third-order valence-corrected chi connectivity index (χ3v) is 15.5. The Labute approximate surface area is 478 Å². The molecule has 0 aromatic heterocycles. The second-order valence-corrected chi connectivity index (χ2v) is 22.8. The topological polar surface area (TPSA) is 175 Å². The number of hydrogen-bond acceptors (Lipinski definition) is 10. The van der Waals surface area contributed by atoms with Gasteiger partial charge in [0.15, 0.2) is 12.4 Å². The SMILES string of the molecule is CC/C=C/C/C=C/C/C=C/CCCCCC(O)C(=O)NC(COC1OC(CO)C(O)C(O)C1OC(=O)CCCCCCCCCCCCCCCCCCCCCCCCCCC)C(O)/C=C/CCCCCCCCCCC. The number of rotatable bonds is 56. The van der Waals surface area contributed by atoms with E-state index in [0.717, 1.165) is 77.0 Å². The summed E-state index contributed by atoms with van der Waals surface area (Å²) in [5.41, 5.74) is 0. The first-order valence-electron chi connectivity index (χ1n) is 32.9. The summed E-state index contributed by atoms with van der Waals surface area (Å²) in [7, 11) is 0. The number of amides is 1. The van der Waals surface area contributed by atoms with Gasteiger partial charge in [-0.2, -0.15) is 0 Å². The van der Waals surface area contributed by atoms with Gasteiger partial charge in [0, 0.05) is 6.42 Å². The predicted octanol–water partition coefficient (Wildman–Crippen LogP) is 16.0. The van der Waals surface area contributed by atoms with Crippen molar-refractivity contribution in [2.24, 2.45) is 0 Å². The van der Waals surface area contributed by atoms with Crippen LogP contribution in [-0.2, 0) is 23.8 Å². The molecule has 456 valence electrons. The molecule has 1 amide bonds. The van der Waals surface area contributed by atoms with Crippen molar-refractivity contribution in [3.8, 4) is 0 Å². The predicted molar refractivity (Wildman–Crippen MR) is 324 cm³/mol. The Morgan fingerprint density at radius 3 is 1.38 bits per heavy atom. The summed E-state index contributed by atoms with van der Waals surface area (Å²) >= 11 is 0.